The summed E-state index contributed by atoms with van der Waals surface area (Å²) in [5.41, 5.74) is 3.94. The van der Waals surface area contributed by atoms with E-state index in [9.17, 15) is 4.79 Å². The van der Waals surface area contributed by atoms with E-state index in [-0.39, 0.29) is 5.91 Å². The van der Waals surface area contributed by atoms with E-state index >= 15 is 0 Å². The lowest BCUT2D eigenvalue weighted by Crippen LogP contribution is -2.29. The molecule has 0 bridgehead atoms. The first-order valence-corrected chi connectivity index (χ1v) is 12.1. The van der Waals surface area contributed by atoms with Gasteiger partial charge in [-0.05, 0) is 52.6 Å². The molecule has 0 spiro atoms. The van der Waals surface area contributed by atoms with Crippen molar-refractivity contribution in [2.75, 3.05) is 6.61 Å². The molecule has 1 unspecified atom stereocenters. The van der Waals surface area contributed by atoms with Crippen LogP contribution in [-0.4, -0.2) is 17.5 Å². The van der Waals surface area contributed by atoms with E-state index in [2.05, 4.69) is 28.5 Å². The first-order chi connectivity index (χ1) is 16.1. The zero-order valence-corrected chi connectivity index (χ0v) is 19.9. The van der Waals surface area contributed by atoms with E-state index in [1.807, 2.05) is 30.3 Å². The molecule has 33 heavy (non-hydrogen) atoms. The average Bonchev–Trinajstić information content (AvgIpc) is 3.49. The van der Waals surface area contributed by atoms with E-state index in [4.69, 9.17) is 27.9 Å². The fourth-order valence-electron chi connectivity index (χ4n) is 3.93. The molecule has 4 nitrogen and oxygen atoms in total. The molecule has 1 aliphatic rings. The number of halogens is 2. The molecule has 1 N–H and O–H groups in total. The summed E-state index contributed by atoms with van der Waals surface area (Å²) in [5, 5.41) is 5.13. The minimum absolute atomic E-state index is 0.204. The van der Waals surface area contributed by atoms with Gasteiger partial charge in [0.2, 0.25) is 0 Å². The minimum Gasteiger partial charge on any atom is -0.493 e. The number of thiazole rings is 1. The third-order valence-corrected chi connectivity index (χ3v) is 7.14. The molecule has 0 saturated heterocycles. The van der Waals surface area contributed by atoms with Gasteiger partial charge in [-0.2, -0.15) is 0 Å². The average molecular weight is 495 g/mol. The number of carbonyl (C=O) groups is 1. The molecule has 0 fully saturated rings. The first-order valence-electron chi connectivity index (χ1n) is 10.6. The Bertz CT molecular complexity index is 1310. The standard InChI is InChI=1S/C26H20Cl2N2O2S/c27-19-7-8-21(28)20(14-19)25(18-6-9-22-17(13-18)10-11-32-22)30-26(31)23-15-29-24(33-23)12-16-4-2-1-3-5-16/h1-9,13-15,25H,10-12H2,(H,30,31). The molecule has 7 heteroatoms. The summed E-state index contributed by atoms with van der Waals surface area (Å²) in [5.74, 6) is 0.679. The van der Waals surface area contributed by atoms with Crippen molar-refractivity contribution in [3.05, 3.63) is 115 Å². The van der Waals surface area contributed by atoms with Gasteiger partial charge in [0.05, 0.1) is 23.9 Å². The number of nitrogens with zero attached hydrogens (tertiary/aromatic N) is 1. The van der Waals surface area contributed by atoms with Crippen molar-refractivity contribution >= 4 is 40.4 Å². The largest absolute Gasteiger partial charge is 0.493 e. The van der Waals surface area contributed by atoms with Crippen LogP contribution in [0.4, 0.5) is 0 Å². The van der Waals surface area contributed by atoms with Crippen molar-refractivity contribution in [1.82, 2.24) is 10.3 Å². The van der Waals surface area contributed by atoms with Crippen molar-refractivity contribution in [1.29, 1.82) is 0 Å². The summed E-state index contributed by atoms with van der Waals surface area (Å²) >= 11 is 14.2. The summed E-state index contributed by atoms with van der Waals surface area (Å²) in [4.78, 5) is 18.3. The molecule has 0 aliphatic carbocycles. The molecule has 1 aliphatic heterocycles. The maximum Gasteiger partial charge on any atom is 0.263 e. The maximum atomic E-state index is 13.3. The highest BCUT2D eigenvalue weighted by Crippen LogP contribution is 2.35. The molecule has 1 aromatic heterocycles. The van der Waals surface area contributed by atoms with E-state index < -0.39 is 6.04 Å². The lowest BCUT2D eigenvalue weighted by atomic mass is 9.96. The van der Waals surface area contributed by atoms with Crippen molar-refractivity contribution in [2.45, 2.75) is 18.9 Å². The number of aromatic nitrogens is 1. The molecule has 1 amide bonds. The van der Waals surface area contributed by atoms with Crippen molar-refractivity contribution in [3.8, 4) is 5.75 Å². The lowest BCUT2D eigenvalue weighted by molar-refractivity contribution is 0.0947. The van der Waals surface area contributed by atoms with Crippen molar-refractivity contribution in [2.24, 2.45) is 0 Å². The van der Waals surface area contributed by atoms with Gasteiger partial charge in [-0.1, -0.05) is 59.6 Å². The smallest absolute Gasteiger partial charge is 0.263 e. The van der Waals surface area contributed by atoms with Crippen LogP contribution in [0.5, 0.6) is 5.75 Å². The lowest BCUT2D eigenvalue weighted by Gasteiger charge is -2.21. The summed E-state index contributed by atoms with van der Waals surface area (Å²) in [7, 11) is 0. The number of hydrogen-bond acceptors (Lipinski definition) is 4. The summed E-state index contributed by atoms with van der Waals surface area (Å²) < 4.78 is 5.64. The van der Waals surface area contributed by atoms with E-state index in [1.54, 1.807) is 24.4 Å². The van der Waals surface area contributed by atoms with Crippen LogP contribution in [0, 0.1) is 0 Å². The molecule has 0 saturated carbocycles. The van der Waals surface area contributed by atoms with E-state index in [0.717, 1.165) is 39.4 Å². The van der Waals surface area contributed by atoms with Gasteiger partial charge in [-0.3, -0.25) is 4.79 Å². The second kappa shape index (κ2) is 9.56. The third kappa shape index (κ3) is 4.91. The molecular weight excluding hydrogens is 475 g/mol. The number of ether oxygens (including phenoxy) is 1. The van der Waals surface area contributed by atoms with Gasteiger partial charge < -0.3 is 10.1 Å². The quantitative estimate of drug-likeness (QED) is 0.333. The van der Waals surface area contributed by atoms with Crippen LogP contribution in [0.25, 0.3) is 0 Å². The fourth-order valence-corrected chi connectivity index (χ4v) is 5.19. The number of fused-ring (bicyclic) bond motifs is 1. The summed E-state index contributed by atoms with van der Waals surface area (Å²) in [6.45, 7) is 0.665. The summed E-state index contributed by atoms with van der Waals surface area (Å²) in [6.07, 6.45) is 3.16. The minimum atomic E-state index is -0.464. The van der Waals surface area contributed by atoms with Gasteiger partial charge in [0.25, 0.3) is 5.91 Å². The number of rotatable bonds is 6. The monoisotopic (exact) mass is 494 g/mol. The first kappa shape index (κ1) is 22.0. The van der Waals surface area contributed by atoms with Crippen LogP contribution >= 0.6 is 34.5 Å². The van der Waals surface area contributed by atoms with Crippen LogP contribution in [-0.2, 0) is 12.8 Å². The highest BCUT2D eigenvalue weighted by Gasteiger charge is 2.24. The third-order valence-electron chi connectivity index (χ3n) is 5.57. The van der Waals surface area contributed by atoms with E-state index in [0.29, 0.717) is 28.0 Å². The molecular formula is C26H20Cl2N2O2S. The number of carbonyl (C=O) groups excluding carboxylic acids is 1. The SMILES string of the molecule is O=C(NC(c1ccc2c(c1)CCO2)c1cc(Cl)ccc1Cl)c1cnc(Cc2ccccc2)s1. The Hall–Kier alpha value is -2.86. The number of benzene rings is 3. The van der Waals surface area contributed by atoms with Crippen LogP contribution in [0.15, 0.2) is 72.9 Å². The summed E-state index contributed by atoms with van der Waals surface area (Å²) in [6, 6.07) is 20.9. The molecule has 1 atom stereocenters. The van der Waals surface area contributed by atoms with Crippen LogP contribution in [0.1, 0.15) is 43.0 Å². The topological polar surface area (TPSA) is 51.2 Å². The molecule has 0 radical (unpaired) electrons. The van der Waals surface area contributed by atoms with Gasteiger partial charge in [0.1, 0.15) is 10.6 Å². The Kier molecular flexibility index (Phi) is 6.36. The Morgan fingerprint density at radius 2 is 1.94 bits per heavy atom. The Balaban J connectivity index is 1.44. The van der Waals surface area contributed by atoms with E-state index in [1.165, 1.54) is 11.3 Å². The second-order valence-electron chi connectivity index (χ2n) is 7.82. The molecule has 166 valence electrons. The number of amides is 1. The van der Waals surface area contributed by atoms with Gasteiger partial charge in [-0.25, -0.2) is 4.98 Å². The fraction of sp³-hybridized carbons (Fsp3) is 0.154. The van der Waals surface area contributed by atoms with Crippen LogP contribution in [0.2, 0.25) is 10.0 Å². The molecule has 4 aromatic rings. The van der Waals surface area contributed by atoms with Gasteiger partial charge in [0.15, 0.2) is 0 Å². The highest BCUT2D eigenvalue weighted by molar-refractivity contribution is 7.13. The van der Waals surface area contributed by atoms with Crippen molar-refractivity contribution < 1.29 is 9.53 Å². The zero-order valence-electron chi connectivity index (χ0n) is 17.6. The Morgan fingerprint density at radius 3 is 2.79 bits per heavy atom. The molecule has 5 rings (SSSR count). The maximum absolute atomic E-state index is 13.3. The number of nitrogens with one attached hydrogen (secondary N) is 1. The van der Waals surface area contributed by atoms with Gasteiger partial charge in [-0.15, -0.1) is 11.3 Å². The normalized spacial score (nSPS) is 13.3. The highest BCUT2D eigenvalue weighted by atomic mass is 35.5. The molecule has 3 aromatic carbocycles. The van der Waals surface area contributed by atoms with Crippen LogP contribution < -0.4 is 10.1 Å². The molecule has 2 heterocycles. The van der Waals surface area contributed by atoms with Crippen molar-refractivity contribution in [3.63, 3.8) is 0 Å². The Morgan fingerprint density at radius 1 is 1.09 bits per heavy atom. The Labute approximate surface area is 206 Å². The second-order valence-corrected chi connectivity index (χ2v) is 9.78. The van der Waals surface area contributed by atoms with Gasteiger partial charge >= 0.3 is 0 Å². The van der Waals surface area contributed by atoms with Gasteiger partial charge in [0, 0.05) is 22.9 Å². The zero-order chi connectivity index (χ0) is 22.8. The van der Waals surface area contributed by atoms with Crippen LogP contribution in [0.3, 0.4) is 0 Å². The number of hydrogen-bond donors (Lipinski definition) is 1. The predicted molar refractivity (Wildman–Crippen MR) is 133 cm³/mol. The predicted octanol–water partition coefficient (Wildman–Crippen LogP) is 6.50.